The molecule has 10 heteroatoms. The zero-order valence-corrected chi connectivity index (χ0v) is 19.6. The second-order valence-electron chi connectivity index (χ2n) is 7.63. The smallest absolute Gasteiger partial charge is 0.369 e. The van der Waals surface area contributed by atoms with Gasteiger partial charge in [0.25, 0.3) is 0 Å². The summed E-state index contributed by atoms with van der Waals surface area (Å²) in [5.74, 6) is 0.709. The molecule has 1 aromatic heterocycles. The molecule has 0 atom stereocenters. The van der Waals surface area contributed by atoms with Crippen molar-refractivity contribution in [1.82, 2.24) is 8.68 Å². The Balaban J connectivity index is 1.55. The number of benzene rings is 3. The van der Waals surface area contributed by atoms with Crippen molar-refractivity contribution in [3.8, 4) is 0 Å². The number of hydrogen-bond acceptors (Lipinski definition) is 5. The maximum absolute atomic E-state index is 13.6. The molecule has 0 saturated heterocycles. The fourth-order valence-electron chi connectivity index (χ4n) is 3.61. The highest BCUT2D eigenvalue weighted by Gasteiger charge is 2.38. The summed E-state index contributed by atoms with van der Waals surface area (Å²) in [4.78, 5) is -0.739. The molecule has 0 saturated carbocycles. The molecule has 4 rings (SSSR count). The maximum atomic E-state index is 13.6. The van der Waals surface area contributed by atoms with Crippen LogP contribution < -0.4 is 5.32 Å². The van der Waals surface area contributed by atoms with E-state index in [9.17, 15) is 21.6 Å². The van der Waals surface area contributed by atoms with Gasteiger partial charge in [-0.05, 0) is 47.8 Å². The second kappa shape index (κ2) is 10.1. The van der Waals surface area contributed by atoms with Crippen LogP contribution in [-0.4, -0.2) is 30.2 Å². The number of fused-ring (bicyclic) bond motifs is 1. The van der Waals surface area contributed by atoms with E-state index >= 15 is 0 Å². The van der Waals surface area contributed by atoms with Crippen molar-refractivity contribution in [2.75, 3.05) is 18.4 Å². The Morgan fingerprint density at radius 2 is 1.59 bits per heavy atom. The molecule has 0 radical (unpaired) electrons. The summed E-state index contributed by atoms with van der Waals surface area (Å²) in [7, 11) is -4.41. The van der Waals surface area contributed by atoms with Gasteiger partial charge in [0.2, 0.25) is 10.0 Å². The zero-order chi connectivity index (χ0) is 24.2. The SMILES string of the molecule is O=S(=O)(c1ccccc1C(F)(F)F)N(CCCNc1nsc2ccccc12)Cc1ccccc1. The molecule has 0 fully saturated rings. The van der Waals surface area contributed by atoms with Crippen LogP contribution in [0.15, 0.2) is 83.8 Å². The molecule has 0 amide bonds. The first-order chi connectivity index (χ1) is 16.3. The number of nitrogens with zero attached hydrogens (tertiary/aromatic N) is 2. The van der Waals surface area contributed by atoms with E-state index in [1.54, 1.807) is 30.3 Å². The number of sulfonamides is 1. The molecule has 0 aliphatic rings. The van der Waals surface area contributed by atoms with E-state index in [1.165, 1.54) is 23.7 Å². The molecule has 4 aromatic rings. The molecular weight excluding hydrogens is 483 g/mol. The Morgan fingerprint density at radius 1 is 0.912 bits per heavy atom. The minimum atomic E-state index is -4.78. The highest BCUT2D eigenvalue weighted by atomic mass is 32.2. The van der Waals surface area contributed by atoms with Crippen LogP contribution in [0.2, 0.25) is 0 Å². The van der Waals surface area contributed by atoms with Crippen LogP contribution in [0.3, 0.4) is 0 Å². The van der Waals surface area contributed by atoms with Crippen molar-refractivity contribution in [1.29, 1.82) is 0 Å². The molecular formula is C24H22F3N3O2S2. The molecule has 0 aliphatic carbocycles. The van der Waals surface area contributed by atoms with Gasteiger partial charge in [-0.15, -0.1) is 0 Å². The predicted molar refractivity (Wildman–Crippen MR) is 128 cm³/mol. The molecule has 3 aromatic carbocycles. The van der Waals surface area contributed by atoms with Crippen molar-refractivity contribution in [2.24, 2.45) is 0 Å². The Morgan fingerprint density at radius 3 is 2.35 bits per heavy atom. The highest BCUT2D eigenvalue weighted by molar-refractivity contribution is 7.89. The molecule has 1 N–H and O–H groups in total. The number of anilines is 1. The third-order valence-electron chi connectivity index (χ3n) is 5.27. The minimum Gasteiger partial charge on any atom is -0.369 e. The lowest BCUT2D eigenvalue weighted by Crippen LogP contribution is -2.33. The average Bonchev–Trinajstić information content (AvgIpc) is 3.24. The van der Waals surface area contributed by atoms with Gasteiger partial charge in [0.1, 0.15) is 5.82 Å². The molecule has 0 spiro atoms. The number of nitrogens with one attached hydrogen (secondary N) is 1. The lowest BCUT2D eigenvalue weighted by atomic mass is 10.2. The topological polar surface area (TPSA) is 62.3 Å². The normalized spacial score (nSPS) is 12.4. The van der Waals surface area contributed by atoms with Crippen LogP contribution >= 0.6 is 11.5 Å². The monoisotopic (exact) mass is 505 g/mol. The van der Waals surface area contributed by atoms with E-state index < -0.39 is 26.7 Å². The molecule has 34 heavy (non-hydrogen) atoms. The van der Waals surface area contributed by atoms with Gasteiger partial charge >= 0.3 is 6.18 Å². The molecule has 0 bridgehead atoms. The third-order valence-corrected chi connectivity index (χ3v) is 8.00. The summed E-state index contributed by atoms with van der Waals surface area (Å²) in [6.45, 7) is 0.420. The van der Waals surface area contributed by atoms with Crippen molar-refractivity contribution >= 4 is 37.5 Å². The highest BCUT2D eigenvalue weighted by Crippen LogP contribution is 2.35. The summed E-state index contributed by atoms with van der Waals surface area (Å²) >= 11 is 1.36. The Bertz CT molecular complexity index is 1360. The molecule has 0 unspecified atom stereocenters. The standard InChI is InChI=1S/C24H22F3N3O2S2/c25-24(26,27)20-12-5-7-14-22(20)34(31,32)30(17-18-9-2-1-3-10-18)16-8-15-28-23-19-11-4-6-13-21(19)33-29-23/h1-7,9-14H,8,15-17H2,(H,28,29). The van der Waals surface area contributed by atoms with E-state index in [2.05, 4.69) is 9.69 Å². The van der Waals surface area contributed by atoms with Crippen LogP contribution in [0.5, 0.6) is 0 Å². The van der Waals surface area contributed by atoms with E-state index in [4.69, 9.17) is 0 Å². The summed E-state index contributed by atoms with van der Waals surface area (Å²) < 4.78 is 74.0. The quantitative estimate of drug-likeness (QED) is 0.283. The summed E-state index contributed by atoms with van der Waals surface area (Å²) in [6, 6.07) is 20.9. The average molecular weight is 506 g/mol. The van der Waals surface area contributed by atoms with Gasteiger partial charge < -0.3 is 5.32 Å². The summed E-state index contributed by atoms with van der Waals surface area (Å²) in [6.07, 6.45) is -4.40. The molecule has 0 aliphatic heterocycles. The van der Waals surface area contributed by atoms with Gasteiger partial charge in [-0.3, -0.25) is 0 Å². The molecule has 178 valence electrons. The largest absolute Gasteiger partial charge is 0.417 e. The van der Waals surface area contributed by atoms with E-state index in [0.29, 0.717) is 24.3 Å². The van der Waals surface area contributed by atoms with Crippen molar-refractivity contribution in [3.05, 3.63) is 90.0 Å². The predicted octanol–water partition coefficient (Wildman–Crippen LogP) is 6.01. The fourth-order valence-corrected chi connectivity index (χ4v) is 6.05. The lowest BCUT2D eigenvalue weighted by molar-refractivity contribution is -0.139. The van der Waals surface area contributed by atoms with Crippen molar-refractivity contribution in [3.63, 3.8) is 0 Å². The molecule has 5 nitrogen and oxygen atoms in total. The Kier molecular flexibility index (Phi) is 7.20. The van der Waals surface area contributed by atoms with Crippen LogP contribution in [-0.2, 0) is 22.7 Å². The van der Waals surface area contributed by atoms with Crippen molar-refractivity contribution in [2.45, 2.75) is 24.0 Å². The van der Waals surface area contributed by atoms with E-state index in [-0.39, 0.29) is 13.1 Å². The van der Waals surface area contributed by atoms with Crippen molar-refractivity contribution < 1.29 is 21.6 Å². The summed E-state index contributed by atoms with van der Waals surface area (Å²) in [5.41, 5.74) is -0.478. The van der Waals surface area contributed by atoms with Crippen LogP contribution in [0.25, 0.3) is 10.1 Å². The number of aromatic nitrogens is 1. The maximum Gasteiger partial charge on any atom is 0.417 e. The Labute approximate surface area is 200 Å². The van der Waals surface area contributed by atoms with Crippen LogP contribution in [0.4, 0.5) is 19.0 Å². The second-order valence-corrected chi connectivity index (χ2v) is 10.3. The Hall–Kier alpha value is -2.95. The minimum absolute atomic E-state index is 0.0327. The van der Waals surface area contributed by atoms with Gasteiger partial charge in [-0.1, -0.05) is 54.6 Å². The van der Waals surface area contributed by atoms with E-state index in [1.807, 2.05) is 24.3 Å². The van der Waals surface area contributed by atoms with Gasteiger partial charge in [-0.25, -0.2) is 8.42 Å². The fraction of sp³-hybridized carbons (Fsp3) is 0.208. The van der Waals surface area contributed by atoms with Gasteiger partial charge in [0, 0.05) is 25.0 Å². The number of halogens is 3. The first-order valence-corrected chi connectivity index (χ1v) is 12.8. The number of alkyl halides is 3. The van der Waals surface area contributed by atoms with Gasteiger partial charge in [0.15, 0.2) is 0 Å². The number of rotatable bonds is 9. The molecule has 1 heterocycles. The first-order valence-electron chi connectivity index (χ1n) is 10.6. The van der Waals surface area contributed by atoms with Gasteiger partial charge in [-0.2, -0.15) is 21.9 Å². The zero-order valence-electron chi connectivity index (χ0n) is 18.0. The third kappa shape index (κ3) is 5.40. The summed E-state index contributed by atoms with van der Waals surface area (Å²) in [5, 5.41) is 4.18. The van der Waals surface area contributed by atoms with Gasteiger partial charge in [0.05, 0.1) is 15.2 Å². The number of hydrogen-bond donors (Lipinski definition) is 1. The lowest BCUT2D eigenvalue weighted by Gasteiger charge is -2.24. The van der Waals surface area contributed by atoms with E-state index in [0.717, 1.165) is 26.5 Å². The van der Waals surface area contributed by atoms with Crippen LogP contribution in [0, 0.1) is 0 Å². The van der Waals surface area contributed by atoms with Crippen LogP contribution in [0.1, 0.15) is 17.5 Å². The first kappa shape index (κ1) is 24.2.